The number of nitrogens with one attached hydrogen (secondary N) is 1. The number of carbonyl (C=O) groups excluding carboxylic acids is 1. The Hall–Kier alpha value is -2.36. The molecule has 98 valence electrons. The van der Waals surface area contributed by atoms with E-state index < -0.39 is 0 Å². The highest BCUT2D eigenvalue weighted by Gasteiger charge is 2.06. The lowest BCUT2D eigenvalue weighted by Crippen LogP contribution is -2.19. The minimum atomic E-state index is 0.00621. The Balaban J connectivity index is 2.25. The van der Waals surface area contributed by atoms with Crippen molar-refractivity contribution in [3.05, 3.63) is 48.2 Å². The number of nitrogens with zero attached hydrogens (tertiary/aromatic N) is 1. The normalized spacial score (nSPS) is 10.0. The predicted molar refractivity (Wildman–Crippen MR) is 74.0 cm³/mol. The Bertz CT molecular complexity index is 565. The van der Waals surface area contributed by atoms with Crippen LogP contribution in [0.4, 0.5) is 0 Å². The monoisotopic (exact) mass is 256 g/mol. The van der Waals surface area contributed by atoms with Crippen molar-refractivity contribution in [1.29, 1.82) is 0 Å². The molecule has 4 nitrogen and oxygen atoms in total. The van der Waals surface area contributed by atoms with Crippen molar-refractivity contribution in [2.24, 2.45) is 0 Å². The van der Waals surface area contributed by atoms with Gasteiger partial charge in [0.05, 0.1) is 13.5 Å². The summed E-state index contributed by atoms with van der Waals surface area (Å²) in [7, 11) is 3.24. The number of pyridine rings is 1. The van der Waals surface area contributed by atoms with Gasteiger partial charge in [-0.05, 0) is 23.3 Å². The van der Waals surface area contributed by atoms with Crippen molar-refractivity contribution in [3.63, 3.8) is 0 Å². The highest BCUT2D eigenvalue weighted by atomic mass is 16.5. The zero-order valence-electron chi connectivity index (χ0n) is 11.0. The van der Waals surface area contributed by atoms with Crippen LogP contribution in [0.1, 0.15) is 5.56 Å². The molecular formula is C15H16N2O2. The Morgan fingerprint density at radius 3 is 2.63 bits per heavy atom. The van der Waals surface area contributed by atoms with Crippen LogP contribution in [0.5, 0.6) is 5.88 Å². The van der Waals surface area contributed by atoms with Gasteiger partial charge in [-0.25, -0.2) is 4.98 Å². The first-order valence-corrected chi connectivity index (χ1v) is 6.03. The van der Waals surface area contributed by atoms with E-state index in [9.17, 15) is 4.79 Å². The van der Waals surface area contributed by atoms with E-state index in [1.54, 1.807) is 20.4 Å². The Morgan fingerprint density at radius 2 is 2.00 bits per heavy atom. The number of likely N-dealkylation sites (N-methyl/N-ethyl adjacent to an activating group) is 1. The van der Waals surface area contributed by atoms with Gasteiger partial charge in [0.2, 0.25) is 11.8 Å². The van der Waals surface area contributed by atoms with E-state index in [4.69, 9.17) is 4.74 Å². The fourth-order valence-electron chi connectivity index (χ4n) is 1.85. The minimum Gasteiger partial charge on any atom is -0.481 e. The molecule has 1 heterocycles. The van der Waals surface area contributed by atoms with Crippen LogP contribution >= 0.6 is 0 Å². The largest absolute Gasteiger partial charge is 0.481 e. The highest BCUT2D eigenvalue weighted by molar-refractivity contribution is 5.78. The lowest BCUT2D eigenvalue weighted by molar-refractivity contribution is -0.119. The zero-order chi connectivity index (χ0) is 13.7. The van der Waals surface area contributed by atoms with E-state index in [0.29, 0.717) is 12.3 Å². The molecule has 0 atom stereocenters. The minimum absolute atomic E-state index is 0.00621. The standard InChI is InChI=1S/C15H16N2O2/c1-16-14(18)10-11-5-7-12(8-6-11)13-4-3-9-17-15(13)19-2/h3-9H,10H2,1-2H3,(H,16,18). The van der Waals surface area contributed by atoms with Gasteiger partial charge < -0.3 is 10.1 Å². The summed E-state index contributed by atoms with van der Waals surface area (Å²) in [5.41, 5.74) is 2.94. The van der Waals surface area contributed by atoms with E-state index in [0.717, 1.165) is 16.7 Å². The second kappa shape index (κ2) is 6.00. The lowest BCUT2D eigenvalue weighted by atomic mass is 10.0. The van der Waals surface area contributed by atoms with Crippen LogP contribution in [0.15, 0.2) is 42.6 Å². The molecule has 1 aromatic heterocycles. The molecule has 0 saturated carbocycles. The van der Waals surface area contributed by atoms with Crippen molar-refractivity contribution < 1.29 is 9.53 Å². The third kappa shape index (κ3) is 3.10. The summed E-state index contributed by atoms with van der Waals surface area (Å²) in [6.07, 6.45) is 2.09. The zero-order valence-corrected chi connectivity index (χ0v) is 11.0. The molecule has 0 radical (unpaired) electrons. The average Bonchev–Trinajstić information content (AvgIpc) is 2.48. The van der Waals surface area contributed by atoms with Crippen molar-refractivity contribution >= 4 is 5.91 Å². The van der Waals surface area contributed by atoms with Crippen molar-refractivity contribution in [3.8, 4) is 17.0 Å². The van der Waals surface area contributed by atoms with Gasteiger partial charge in [0.25, 0.3) is 0 Å². The van der Waals surface area contributed by atoms with Gasteiger partial charge in [0, 0.05) is 18.8 Å². The molecule has 0 aliphatic heterocycles. The molecule has 4 heteroatoms. The number of benzene rings is 1. The maximum Gasteiger partial charge on any atom is 0.224 e. The van der Waals surface area contributed by atoms with E-state index in [1.165, 1.54) is 0 Å². The summed E-state index contributed by atoms with van der Waals surface area (Å²) in [6.45, 7) is 0. The van der Waals surface area contributed by atoms with Crippen molar-refractivity contribution in [1.82, 2.24) is 10.3 Å². The van der Waals surface area contributed by atoms with E-state index in [2.05, 4.69) is 10.3 Å². The molecule has 0 saturated heterocycles. The molecular weight excluding hydrogens is 240 g/mol. The number of amides is 1. The number of rotatable bonds is 4. The molecule has 2 rings (SSSR count). The van der Waals surface area contributed by atoms with Gasteiger partial charge in [-0.1, -0.05) is 24.3 Å². The van der Waals surface area contributed by atoms with Crippen LogP contribution in [0.2, 0.25) is 0 Å². The molecule has 1 N–H and O–H groups in total. The summed E-state index contributed by atoms with van der Waals surface area (Å²) in [4.78, 5) is 15.5. The molecule has 0 aliphatic carbocycles. The second-order valence-electron chi connectivity index (χ2n) is 4.11. The van der Waals surface area contributed by atoms with E-state index >= 15 is 0 Å². The number of hydrogen-bond donors (Lipinski definition) is 1. The SMILES string of the molecule is CNC(=O)Cc1ccc(-c2cccnc2OC)cc1. The second-order valence-corrected chi connectivity index (χ2v) is 4.11. The van der Waals surface area contributed by atoms with Crippen LogP contribution in [-0.4, -0.2) is 25.0 Å². The van der Waals surface area contributed by atoms with E-state index in [-0.39, 0.29) is 5.91 Å². The molecule has 19 heavy (non-hydrogen) atoms. The number of carbonyl (C=O) groups is 1. The first kappa shape index (κ1) is 13.1. The van der Waals surface area contributed by atoms with Gasteiger partial charge in [-0.2, -0.15) is 0 Å². The molecule has 0 unspecified atom stereocenters. The van der Waals surface area contributed by atoms with Gasteiger partial charge in [0.15, 0.2) is 0 Å². The first-order valence-electron chi connectivity index (χ1n) is 6.03. The molecule has 2 aromatic rings. The van der Waals surface area contributed by atoms with Gasteiger partial charge in [0.1, 0.15) is 0 Å². The third-order valence-corrected chi connectivity index (χ3v) is 2.87. The first-order chi connectivity index (χ1) is 9.24. The maximum atomic E-state index is 11.3. The van der Waals surface area contributed by atoms with Crippen LogP contribution in [0.25, 0.3) is 11.1 Å². The molecule has 1 aromatic carbocycles. The van der Waals surface area contributed by atoms with Gasteiger partial charge >= 0.3 is 0 Å². The maximum absolute atomic E-state index is 11.3. The Morgan fingerprint density at radius 1 is 1.26 bits per heavy atom. The molecule has 0 fully saturated rings. The third-order valence-electron chi connectivity index (χ3n) is 2.87. The number of methoxy groups -OCH3 is 1. The summed E-state index contributed by atoms with van der Waals surface area (Å²) < 4.78 is 5.24. The van der Waals surface area contributed by atoms with Crippen LogP contribution in [0.3, 0.4) is 0 Å². The Kier molecular flexibility index (Phi) is 4.13. The fourth-order valence-corrected chi connectivity index (χ4v) is 1.85. The summed E-state index contributed by atoms with van der Waals surface area (Å²) in [5.74, 6) is 0.605. The molecule has 0 aliphatic rings. The molecule has 1 amide bonds. The number of ether oxygens (including phenoxy) is 1. The summed E-state index contributed by atoms with van der Waals surface area (Å²) in [6, 6.07) is 11.7. The topological polar surface area (TPSA) is 51.2 Å². The van der Waals surface area contributed by atoms with Crippen LogP contribution in [-0.2, 0) is 11.2 Å². The highest BCUT2D eigenvalue weighted by Crippen LogP contribution is 2.27. The van der Waals surface area contributed by atoms with Gasteiger partial charge in [-0.3, -0.25) is 4.79 Å². The molecule has 0 bridgehead atoms. The number of aromatic nitrogens is 1. The summed E-state index contributed by atoms with van der Waals surface area (Å²) in [5, 5.41) is 2.61. The fraction of sp³-hybridized carbons (Fsp3) is 0.200. The van der Waals surface area contributed by atoms with Crippen molar-refractivity contribution in [2.75, 3.05) is 14.2 Å². The Labute approximate surface area is 112 Å². The van der Waals surface area contributed by atoms with Gasteiger partial charge in [-0.15, -0.1) is 0 Å². The summed E-state index contributed by atoms with van der Waals surface area (Å²) >= 11 is 0. The smallest absolute Gasteiger partial charge is 0.224 e. The van der Waals surface area contributed by atoms with Crippen molar-refractivity contribution in [2.45, 2.75) is 6.42 Å². The quantitative estimate of drug-likeness (QED) is 0.910. The van der Waals surface area contributed by atoms with Crippen LogP contribution in [0, 0.1) is 0 Å². The lowest BCUT2D eigenvalue weighted by Gasteiger charge is -2.07. The number of hydrogen-bond acceptors (Lipinski definition) is 3. The average molecular weight is 256 g/mol. The molecule has 0 spiro atoms. The predicted octanol–water partition coefficient (Wildman–Crippen LogP) is 2.05. The van der Waals surface area contributed by atoms with Crippen LogP contribution < -0.4 is 10.1 Å². The van der Waals surface area contributed by atoms with E-state index in [1.807, 2.05) is 36.4 Å².